The lowest BCUT2D eigenvalue weighted by atomic mass is 10.1. The van der Waals surface area contributed by atoms with Crippen molar-refractivity contribution in [2.24, 2.45) is 0 Å². The van der Waals surface area contributed by atoms with Gasteiger partial charge in [0.05, 0.1) is 0 Å². The molecule has 0 aliphatic heterocycles. The Labute approximate surface area is 130 Å². The van der Waals surface area contributed by atoms with E-state index in [1.54, 1.807) is 0 Å². The third kappa shape index (κ3) is 4.55. The second-order valence-electron chi connectivity index (χ2n) is 6.40. The fraction of sp³-hybridized carbons (Fsp3) is 0.353. The first-order valence-corrected chi connectivity index (χ1v) is 7.18. The first-order chi connectivity index (χ1) is 10.2. The zero-order valence-electron chi connectivity index (χ0n) is 13.3. The maximum atomic E-state index is 11.3. The number of hydrogen-bond donors (Lipinski definition) is 2. The van der Waals surface area contributed by atoms with Crippen LogP contribution in [0.1, 0.15) is 48.2 Å². The van der Waals surface area contributed by atoms with Gasteiger partial charge in [-0.1, -0.05) is 29.8 Å². The normalized spacial score (nSPS) is 11.3. The highest BCUT2D eigenvalue weighted by Gasteiger charge is 2.15. The summed E-state index contributed by atoms with van der Waals surface area (Å²) in [6.45, 7) is 8.01. The van der Waals surface area contributed by atoms with Crippen LogP contribution in [0.25, 0.3) is 0 Å². The van der Waals surface area contributed by atoms with Crippen LogP contribution in [0, 0.1) is 6.92 Å². The molecule has 1 aromatic carbocycles. The fourth-order valence-electron chi connectivity index (χ4n) is 2.02. The molecule has 0 saturated heterocycles. The van der Waals surface area contributed by atoms with E-state index in [1.807, 2.05) is 52.0 Å². The predicted molar refractivity (Wildman–Crippen MR) is 86.4 cm³/mol. The number of aromatic nitrogens is 2. The summed E-state index contributed by atoms with van der Waals surface area (Å²) in [5.74, 6) is -0.0259. The van der Waals surface area contributed by atoms with Crippen LogP contribution in [-0.2, 0) is 6.42 Å². The van der Waals surface area contributed by atoms with E-state index in [-0.39, 0.29) is 11.2 Å². The molecule has 1 aromatic heterocycles. The van der Waals surface area contributed by atoms with Gasteiger partial charge in [0, 0.05) is 18.0 Å². The van der Waals surface area contributed by atoms with Gasteiger partial charge in [-0.05, 0) is 33.3 Å². The van der Waals surface area contributed by atoms with Crippen LogP contribution < -0.4 is 5.32 Å². The summed E-state index contributed by atoms with van der Waals surface area (Å²) in [6, 6.07) is 9.51. The van der Waals surface area contributed by atoms with Crippen molar-refractivity contribution in [2.75, 3.05) is 5.32 Å². The van der Waals surface area contributed by atoms with Crippen molar-refractivity contribution in [1.82, 2.24) is 9.97 Å². The Balaban J connectivity index is 2.33. The second-order valence-corrected chi connectivity index (χ2v) is 6.40. The van der Waals surface area contributed by atoms with Gasteiger partial charge in [-0.2, -0.15) is 0 Å². The van der Waals surface area contributed by atoms with Gasteiger partial charge in [-0.15, -0.1) is 0 Å². The van der Waals surface area contributed by atoms with E-state index in [2.05, 4.69) is 15.3 Å². The fourth-order valence-corrected chi connectivity index (χ4v) is 2.02. The Hall–Kier alpha value is -2.43. The third-order valence-electron chi connectivity index (χ3n) is 2.98. The Morgan fingerprint density at radius 3 is 2.36 bits per heavy atom. The molecule has 116 valence electrons. The van der Waals surface area contributed by atoms with Crippen molar-refractivity contribution in [3.8, 4) is 0 Å². The van der Waals surface area contributed by atoms with Crippen molar-refractivity contribution in [2.45, 2.75) is 39.7 Å². The van der Waals surface area contributed by atoms with E-state index < -0.39 is 5.97 Å². The van der Waals surface area contributed by atoms with Crippen molar-refractivity contribution in [1.29, 1.82) is 0 Å². The molecule has 0 atom stereocenters. The molecule has 0 bridgehead atoms. The summed E-state index contributed by atoms with van der Waals surface area (Å²) in [5.41, 5.74) is 2.03. The van der Waals surface area contributed by atoms with E-state index in [1.165, 1.54) is 11.6 Å². The van der Waals surface area contributed by atoms with Crippen LogP contribution in [0.5, 0.6) is 0 Å². The van der Waals surface area contributed by atoms with E-state index in [9.17, 15) is 9.90 Å². The van der Waals surface area contributed by atoms with Crippen LogP contribution >= 0.6 is 0 Å². The molecule has 0 radical (unpaired) electrons. The molecular weight excluding hydrogens is 278 g/mol. The van der Waals surface area contributed by atoms with Crippen LogP contribution in [0.3, 0.4) is 0 Å². The molecule has 0 fully saturated rings. The van der Waals surface area contributed by atoms with Gasteiger partial charge < -0.3 is 10.4 Å². The van der Waals surface area contributed by atoms with E-state index in [4.69, 9.17) is 0 Å². The third-order valence-corrected chi connectivity index (χ3v) is 2.98. The van der Waals surface area contributed by atoms with Crippen molar-refractivity contribution in [3.05, 3.63) is 53.0 Å². The summed E-state index contributed by atoms with van der Waals surface area (Å²) < 4.78 is 0. The Kier molecular flexibility index (Phi) is 4.45. The highest BCUT2D eigenvalue weighted by atomic mass is 16.4. The largest absolute Gasteiger partial charge is 0.477 e. The van der Waals surface area contributed by atoms with Gasteiger partial charge >= 0.3 is 5.97 Å². The summed E-state index contributed by atoms with van der Waals surface area (Å²) in [4.78, 5) is 19.8. The van der Waals surface area contributed by atoms with Crippen molar-refractivity contribution < 1.29 is 9.90 Å². The second kappa shape index (κ2) is 6.13. The van der Waals surface area contributed by atoms with Gasteiger partial charge in [-0.25, -0.2) is 14.8 Å². The number of carboxylic acid groups (broad SMARTS) is 1. The minimum Gasteiger partial charge on any atom is -0.477 e. The van der Waals surface area contributed by atoms with Crippen molar-refractivity contribution >= 4 is 11.8 Å². The molecule has 0 amide bonds. The molecule has 2 rings (SSSR count). The summed E-state index contributed by atoms with van der Waals surface area (Å²) in [7, 11) is 0. The topological polar surface area (TPSA) is 75.1 Å². The average Bonchev–Trinajstić information content (AvgIpc) is 2.39. The van der Waals surface area contributed by atoms with E-state index >= 15 is 0 Å². The first-order valence-electron chi connectivity index (χ1n) is 7.18. The number of aryl methyl sites for hydroxylation is 1. The Morgan fingerprint density at radius 2 is 1.82 bits per heavy atom. The molecule has 1 heterocycles. The van der Waals surface area contributed by atoms with Crippen LogP contribution in [0.2, 0.25) is 0 Å². The number of rotatable bonds is 4. The average molecular weight is 299 g/mol. The van der Waals surface area contributed by atoms with Gasteiger partial charge in [0.1, 0.15) is 11.6 Å². The molecule has 0 unspecified atom stereocenters. The number of nitrogens with one attached hydrogen (secondary N) is 1. The molecular formula is C17H21N3O2. The van der Waals surface area contributed by atoms with Crippen LogP contribution in [0.15, 0.2) is 30.3 Å². The van der Waals surface area contributed by atoms with E-state index in [0.29, 0.717) is 18.1 Å². The lowest BCUT2D eigenvalue weighted by Crippen LogP contribution is -2.27. The molecule has 0 spiro atoms. The number of aromatic carboxylic acids is 1. The zero-order chi connectivity index (χ0) is 16.3. The maximum absolute atomic E-state index is 11.3. The Bertz CT molecular complexity index is 673. The molecule has 5 heteroatoms. The summed E-state index contributed by atoms with van der Waals surface area (Å²) >= 11 is 0. The standard InChI is InChI=1S/C17H21N3O2/c1-11-5-7-12(8-6-11)9-14-18-13(16(21)22)10-15(19-14)20-17(2,3)4/h5-8,10H,9H2,1-4H3,(H,21,22)(H,18,19,20). The minimum atomic E-state index is -1.05. The molecule has 0 aliphatic rings. The SMILES string of the molecule is Cc1ccc(Cc2nc(NC(C)(C)C)cc(C(=O)O)n2)cc1. The number of carboxylic acids is 1. The van der Waals surface area contributed by atoms with E-state index in [0.717, 1.165) is 5.56 Å². The monoisotopic (exact) mass is 299 g/mol. The summed E-state index contributed by atoms with van der Waals surface area (Å²) in [6.07, 6.45) is 0.500. The lowest BCUT2D eigenvalue weighted by molar-refractivity contribution is 0.0690. The van der Waals surface area contributed by atoms with Gasteiger partial charge in [0.2, 0.25) is 0 Å². The molecule has 0 saturated carbocycles. The highest BCUT2D eigenvalue weighted by Crippen LogP contribution is 2.16. The van der Waals surface area contributed by atoms with Gasteiger partial charge in [0.25, 0.3) is 0 Å². The number of hydrogen-bond acceptors (Lipinski definition) is 4. The van der Waals surface area contributed by atoms with Crippen LogP contribution in [0.4, 0.5) is 5.82 Å². The smallest absolute Gasteiger partial charge is 0.354 e. The van der Waals surface area contributed by atoms with Crippen molar-refractivity contribution in [3.63, 3.8) is 0 Å². The molecule has 0 aliphatic carbocycles. The summed E-state index contributed by atoms with van der Waals surface area (Å²) in [5, 5.41) is 12.4. The number of benzene rings is 1. The zero-order valence-corrected chi connectivity index (χ0v) is 13.3. The first kappa shape index (κ1) is 15.9. The Morgan fingerprint density at radius 1 is 1.18 bits per heavy atom. The minimum absolute atomic E-state index is 0.00358. The predicted octanol–water partition coefficient (Wildman–Crippen LogP) is 3.28. The van der Waals surface area contributed by atoms with Gasteiger partial charge in [0.15, 0.2) is 5.69 Å². The highest BCUT2D eigenvalue weighted by molar-refractivity contribution is 5.86. The maximum Gasteiger partial charge on any atom is 0.354 e. The molecule has 2 N–H and O–H groups in total. The quantitative estimate of drug-likeness (QED) is 0.906. The van der Waals surface area contributed by atoms with Gasteiger partial charge in [-0.3, -0.25) is 0 Å². The molecule has 5 nitrogen and oxygen atoms in total. The molecule has 2 aromatic rings. The number of nitrogens with zero attached hydrogens (tertiary/aromatic N) is 2. The number of carbonyl (C=O) groups is 1. The number of anilines is 1. The van der Waals surface area contributed by atoms with Crippen LogP contribution in [-0.4, -0.2) is 26.6 Å². The lowest BCUT2D eigenvalue weighted by Gasteiger charge is -2.21. The molecule has 22 heavy (non-hydrogen) atoms.